The summed E-state index contributed by atoms with van der Waals surface area (Å²) in [5.41, 5.74) is 1.03. The number of rotatable bonds is 6. The number of hydrogen-bond donors (Lipinski definition) is 1. The predicted molar refractivity (Wildman–Crippen MR) is 81.4 cm³/mol. The van der Waals surface area contributed by atoms with Crippen LogP contribution in [0.1, 0.15) is 12.5 Å². The molecule has 0 aromatic carbocycles. The second-order valence-electron chi connectivity index (χ2n) is 4.42. The van der Waals surface area contributed by atoms with E-state index < -0.39 is 4.92 Å². The van der Waals surface area contributed by atoms with E-state index >= 15 is 0 Å². The van der Waals surface area contributed by atoms with Crippen LogP contribution in [0.3, 0.4) is 0 Å². The van der Waals surface area contributed by atoms with Gasteiger partial charge in [0.05, 0.1) is 4.92 Å². The van der Waals surface area contributed by atoms with Gasteiger partial charge in [-0.05, 0) is 30.7 Å². The highest BCUT2D eigenvalue weighted by molar-refractivity contribution is 5.61. The van der Waals surface area contributed by atoms with Gasteiger partial charge in [-0.1, -0.05) is 0 Å². The average molecular weight is 287 g/mol. The van der Waals surface area contributed by atoms with E-state index in [1.54, 1.807) is 25.5 Å². The summed E-state index contributed by atoms with van der Waals surface area (Å²) >= 11 is 0. The van der Waals surface area contributed by atoms with Crippen molar-refractivity contribution in [2.75, 3.05) is 23.8 Å². The number of nitrogens with one attached hydrogen (secondary N) is 1. The monoisotopic (exact) mass is 287 g/mol. The van der Waals surface area contributed by atoms with Gasteiger partial charge in [0, 0.05) is 38.6 Å². The van der Waals surface area contributed by atoms with Crippen molar-refractivity contribution >= 4 is 17.3 Å². The molecule has 0 amide bonds. The van der Waals surface area contributed by atoms with Gasteiger partial charge in [-0.15, -0.1) is 0 Å². The highest BCUT2D eigenvalue weighted by Gasteiger charge is 2.21. The zero-order chi connectivity index (χ0) is 15.2. The summed E-state index contributed by atoms with van der Waals surface area (Å²) in [5.74, 6) is 0.968. The maximum absolute atomic E-state index is 11.2. The summed E-state index contributed by atoms with van der Waals surface area (Å²) in [6, 6.07) is 6.85. The van der Waals surface area contributed by atoms with Crippen LogP contribution in [-0.4, -0.2) is 28.5 Å². The lowest BCUT2D eigenvalue weighted by Crippen LogP contribution is -2.24. The van der Waals surface area contributed by atoms with E-state index in [1.165, 1.54) is 6.07 Å². The molecular weight excluding hydrogens is 270 g/mol. The van der Waals surface area contributed by atoms with Gasteiger partial charge in [-0.2, -0.15) is 0 Å². The van der Waals surface area contributed by atoms with Crippen molar-refractivity contribution in [1.82, 2.24) is 9.97 Å². The fourth-order valence-corrected chi connectivity index (χ4v) is 2.00. The van der Waals surface area contributed by atoms with Gasteiger partial charge in [0.15, 0.2) is 0 Å². The van der Waals surface area contributed by atoms with Crippen molar-refractivity contribution < 1.29 is 4.92 Å². The first-order chi connectivity index (χ1) is 10.2. The lowest BCUT2D eigenvalue weighted by Gasteiger charge is -2.22. The minimum atomic E-state index is -0.406. The number of aromatic nitrogens is 2. The number of nitrogens with zero attached hydrogens (tertiary/aromatic N) is 4. The highest BCUT2D eigenvalue weighted by Crippen LogP contribution is 2.28. The Bertz CT molecular complexity index is 618. The van der Waals surface area contributed by atoms with E-state index in [9.17, 15) is 10.1 Å². The Morgan fingerprint density at radius 2 is 2.00 bits per heavy atom. The van der Waals surface area contributed by atoms with Gasteiger partial charge in [0.2, 0.25) is 5.82 Å². The van der Waals surface area contributed by atoms with E-state index in [0.29, 0.717) is 24.7 Å². The van der Waals surface area contributed by atoms with Crippen molar-refractivity contribution in [2.45, 2.75) is 13.5 Å². The molecule has 0 spiro atoms. The van der Waals surface area contributed by atoms with Crippen LogP contribution in [-0.2, 0) is 6.54 Å². The lowest BCUT2D eigenvalue weighted by molar-refractivity contribution is -0.384. The second-order valence-corrected chi connectivity index (χ2v) is 4.42. The zero-order valence-electron chi connectivity index (χ0n) is 12.0. The highest BCUT2D eigenvalue weighted by atomic mass is 16.6. The third-order valence-corrected chi connectivity index (χ3v) is 3.11. The van der Waals surface area contributed by atoms with Gasteiger partial charge >= 0.3 is 5.69 Å². The summed E-state index contributed by atoms with van der Waals surface area (Å²) in [4.78, 5) is 21.0. The molecule has 0 atom stereocenters. The maximum Gasteiger partial charge on any atom is 0.311 e. The molecule has 1 N–H and O–H groups in total. The summed E-state index contributed by atoms with van der Waals surface area (Å²) in [6.07, 6.45) is 3.41. The summed E-state index contributed by atoms with van der Waals surface area (Å²) in [5, 5.41) is 14.1. The fraction of sp³-hybridized carbons (Fsp3) is 0.286. The number of hydrogen-bond acceptors (Lipinski definition) is 6. The van der Waals surface area contributed by atoms with E-state index in [2.05, 4.69) is 15.3 Å². The van der Waals surface area contributed by atoms with Crippen molar-refractivity contribution in [2.24, 2.45) is 0 Å². The molecule has 0 bridgehead atoms. The first-order valence-electron chi connectivity index (χ1n) is 6.62. The molecule has 21 heavy (non-hydrogen) atoms. The van der Waals surface area contributed by atoms with Crippen LogP contribution in [0.4, 0.5) is 17.3 Å². The van der Waals surface area contributed by atoms with Crippen molar-refractivity contribution in [3.8, 4) is 0 Å². The Hall–Kier alpha value is -2.70. The van der Waals surface area contributed by atoms with Gasteiger partial charge in [0.25, 0.3) is 0 Å². The molecule has 0 saturated carbocycles. The molecule has 0 unspecified atom stereocenters. The molecule has 2 rings (SSSR count). The van der Waals surface area contributed by atoms with Crippen LogP contribution in [0, 0.1) is 10.1 Å². The first-order valence-corrected chi connectivity index (χ1v) is 6.62. The largest absolute Gasteiger partial charge is 0.373 e. The SMILES string of the molecule is CCN(Cc1ccncc1)c1nc(NC)ccc1[N+](=O)[O-]. The Balaban J connectivity index is 2.38. The van der Waals surface area contributed by atoms with E-state index in [4.69, 9.17) is 0 Å². The molecule has 2 heterocycles. The first kappa shape index (κ1) is 14.7. The summed E-state index contributed by atoms with van der Waals surface area (Å²) in [6.45, 7) is 3.10. The Labute approximate surface area is 122 Å². The number of pyridine rings is 2. The average Bonchev–Trinajstić information content (AvgIpc) is 2.52. The standard InChI is InChI=1S/C14H17N5O2/c1-3-18(10-11-6-8-16-9-7-11)14-12(19(20)21)4-5-13(15-2)17-14/h4-9H,3,10H2,1-2H3,(H,15,17). The van der Waals surface area contributed by atoms with Crippen molar-refractivity contribution in [1.29, 1.82) is 0 Å². The Kier molecular flexibility index (Phi) is 4.65. The lowest BCUT2D eigenvalue weighted by atomic mass is 10.2. The molecule has 7 heteroatoms. The quantitative estimate of drug-likeness (QED) is 0.649. The molecular formula is C14H17N5O2. The van der Waals surface area contributed by atoms with Crippen LogP contribution >= 0.6 is 0 Å². The molecule has 7 nitrogen and oxygen atoms in total. The maximum atomic E-state index is 11.2. The molecule has 2 aromatic rings. The second kappa shape index (κ2) is 6.65. The van der Waals surface area contributed by atoms with Crippen LogP contribution in [0.15, 0.2) is 36.7 Å². The molecule has 0 aliphatic heterocycles. The molecule has 0 radical (unpaired) electrons. The Morgan fingerprint density at radius 3 is 2.57 bits per heavy atom. The third-order valence-electron chi connectivity index (χ3n) is 3.11. The van der Waals surface area contributed by atoms with Crippen LogP contribution in [0.2, 0.25) is 0 Å². The topological polar surface area (TPSA) is 84.2 Å². The van der Waals surface area contributed by atoms with Crippen LogP contribution in [0.25, 0.3) is 0 Å². The van der Waals surface area contributed by atoms with Gasteiger partial charge in [0.1, 0.15) is 5.82 Å². The van der Waals surface area contributed by atoms with Crippen LogP contribution in [0.5, 0.6) is 0 Å². The van der Waals surface area contributed by atoms with E-state index in [-0.39, 0.29) is 5.69 Å². The third kappa shape index (κ3) is 3.44. The summed E-state index contributed by atoms with van der Waals surface area (Å²) in [7, 11) is 1.73. The molecule has 110 valence electrons. The normalized spacial score (nSPS) is 10.2. The summed E-state index contributed by atoms with van der Waals surface area (Å²) < 4.78 is 0. The van der Waals surface area contributed by atoms with E-state index in [1.807, 2.05) is 24.0 Å². The smallest absolute Gasteiger partial charge is 0.311 e. The molecule has 0 saturated heterocycles. The van der Waals surface area contributed by atoms with Crippen LogP contribution < -0.4 is 10.2 Å². The number of anilines is 2. The van der Waals surface area contributed by atoms with Gasteiger partial charge in [-0.3, -0.25) is 15.1 Å². The van der Waals surface area contributed by atoms with Crippen molar-refractivity contribution in [3.63, 3.8) is 0 Å². The zero-order valence-corrected chi connectivity index (χ0v) is 12.0. The minimum Gasteiger partial charge on any atom is -0.373 e. The molecule has 2 aromatic heterocycles. The van der Waals surface area contributed by atoms with Crippen molar-refractivity contribution in [3.05, 3.63) is 52.3 Å². The van der Waals surface area contributed by atoms with Gasteiger partial charge < -0.3 is 10.2 Å². The predicted octanol–water partition coefficient (Wildman–Crippen LogP) is 2.45. The molecule has 0 aliphatic rings. The minimum absolute atomic E-state index is 0.00454. The number of nitro groups is 1. The van der Waals surface area contributed by atoms with E-state index in [0.717, 1.165) is 5.56 Å². The van der Waals surface area contributed by atoms with Gasteiger partial charge in [-0.25, -0.2) is 4.98 Å². The Morgan fingerprint density at radius 1 is 1.29 bits per heavy atom. The molecule has 0 fully saturated rings. The molecule has 0 aliphatic carbocycles. The fourth-order valence-electron chi connectivity index (χ4n) is 2.00.